The van der Waals surface area contributed by atoms with Crippen LogP contribution in [0.1, 0.15) is 78.3 Å². The van der Waals surface area contributed by atoms with Crippen LogP contribution in [-0.2, 0) is 9.59 Å². The largest absolute Gasteiger partial charge is 0.504 e. The van der Waals surface area contributed by atoms with E-state index in [0.717, 1.165) is 51.7 Å². The predicted molar refractivity (Wildman–Crippen MR) is 134 cm³/mol. The normalized spacial score (nSPS) is 16.6. The van der Waals surface area contributed by atoms with Crippen LogP contribution in [0, 0.1) is 5.41 Å². The lowest BCUT2D eigenvalue weighted by molar-refractivity contribution is -0.129. The Balaban J connectivity index is 2.34. The maximum atomic E-state index is 13.3. The zero-order valence-corrected chi connectivity index (χ0v) is 21.7. The molecule has 0 aromatic heterocycles. The van der Waals surface area contributed by atoms with Gasteiger partial charge < -0.3 is 24.7 Å². The Kier molecular flexibility index (Phi) is 9.98. The molecule has 34 heavy (non-hydrogen) atoms. The Bertz CT molecular complexity index is 879. The third kappa shape index (κ3) is 6.53. The second-order valence-corrected chi connectivity index (χ2v) is 10.1. The van der Waals surface area contributed by atoms with E-state index >= 15 is 0 Å². The second kappa shape index (κ2) is 12.2. The molecule has 1 amide bonds. The molecule has 0 spiro atoms. The lowest BCUT2D eigenvalue weighted by Crippen LogP contribution is -2.36. The molecule has 0 saturated heterocycles. The number of nitrogens with zero attached hydrogens (tertiary/aromatic N) is 2. The molecule has 1 aliphatic rings. The Hall–Kier alpha value is -2.54. The van der Waals surface area contributed by atoms with Crippen molar-refractivity contribution in [3.05, 3.63) is 35.1 Å². The molecule has 0 fully saturated rings. The minimum atomic E-state index is -0.768. The van der Waals surface area contributed by atoms with Gasteiger partial charge in [0.05, 0.1) is 18.7 Å². The minimum Gasteiger partial charge on any atom is -0.504 e. The van der Waals surface area contributed by atoms with Crippen LogP contribution < -0.4 is 4.74 Å². The molecule has 1 atom stereocenters. The Morgan fingerprint density at radius 1 is 1.06 bits per heavy atom. The topological polar surface area (TPSA) is 90.3 Å². The molecule has 2 rings (SSSR count). The molecule has 7 heteroatoms. The summed E-state index contributed by atoms with van der Waals surface area (Å²) in [5, 5.41) is 20.8. The highest BCUT2D eigenvalue weighted by atomic mass is 16.5. The first-order valence-electron chi connectivity index (χ1n) is 12.4. The van der Waals surface area contributed by atoms with Crippen molar-refractivity contribution >= 4 is 11.7 Å². The van der Waals surface area contributed by atoms with Gasteiger partial charge in [-0.15, -0.1) is 0 Å². The number of methoxy groups -OCH3 is 1. The van der Waals surface area contributed by atoms with Crippen molar-refractivity contribution in [3.8, 4) is 11.5 Å². The predicted octanol–water partition coefficient (Wildman–Crippen LogP) is 5.00. The molecule has 1 heterocycles. The lowest BCUT2D eigenvalue weighted by atomic mass is 9.82. The molecule has 1 aromatic rings. The molecule has 0 saturated carbocycles. The Morgan fingerprint density at radius 3 is 2.18 bits per heavy atom. The first-order valence-corrected chi connectivity index (χ1v) is 12.4. The third-order valence-corrected chi connectivity index (χ3v) is 6.28. The van der Waals surface area contributed by atoms with E-state index in [0.29, 0.717) is 12.1 Å². The van der Waals surface area contributed by atoms with Crippen LogP contribution in [0.25, 0.3) is 0 Å². The van der Waals surface area contributed by atoms with E-state index in [1.54, 1.807) is 37.8 Å². The summed E-state index contributed by atoms with van der Waals surface area (Å²) >= 11 is 0. The van der Waals surface area contributed by atoms with Gasteiger partial charge in [-0.05, 0) is 56.6 Å². The van der Waals surface area contributed by atoms with Crippen molar-refractivity contribution < 1.29 is 24.5 Å². The molecular weight excluding hydrogens is 432 g/mol. The first-order chi connectivity index (χ1) is 16.1. The number of benzene rings is 1. The fourth-order valence-corrected chi connectivity index (χ4v) is 4.29. The summed E-state index contributed by atoms with van der Waals surface area (Å²) in [6.45, 7) is 13.0. The maximum Gasteiger partial charge on any atom is 0.290 e. The number of unbranched alkanes of at least 4 members (excludes halogenated alkanes) is 2. The van der Waals surface area contributed by atoms with Gasteiger partial charge >= 0.3 is 0 Å². The number of amides is 1. The fourth-order valence-electron chi connectivity index (χ4n) is 4.29. The second-order valence-electron chi connectivity index (χ2n) is 10.1. The van der Waals surface area contributed by atoms with Crippen LogP contribution in [0.2, 0.25) is 0 Å². The van der Waals surface area contributed by atoms with Crippen LogP contribution >= 0.6 is 0 Å². The van der Waals surface area contributed by atoms with Crippen molar-refractivity contribution in [2.24, 2.45) is 5.41 Å². The molecule has 0 radical (unpaired) electrons. The Morgan fingerprint density at radius 2 is 1.65 bits per heavy atom. The number of phenolic OH excluding ortho intramolecular Hbond substituents is 1. The van der Waals surface area contributed by atoms with Crippen molar-refractivity contribution in [2.75, 3.05) is 33.3 Å². The van der Waals surface area contributed by atoms with E-state index in [4.69, 9.17) is 4.74 Å². The molecule has 7 nitrogen and oxygen atoms in total. The number of Topliss-reactive ketones (excluding diaryl/α,β-unsaturated/α-hetero) is 1. The number of carbonyl (C=O) groups is 2. The minimum absolute atomic E-state index is 0.0264. The van der Waals surface area contributed by atoms with Crippen LogP contribution in [0.15, 0.2) is 29.5 Å². The van der Waals surface area contributed by atoms with Crippen molar-refractivity contribution in [2.45, 2.75) is 72.8 Å². The van der Waals surface area contributed by atoms with Crippen LogP contribution in [0.3, 0.4) is 0 Å². The van der Waals surface area contributed by atoms with Crippen molar-refractivity contribution in [3.63, 3.8) is 0 Å². The van der Waals surface area contributed by atoms with Gasteiger partial charge in [-0.1, -0.05) is 53.5 Å². The van der Waals surface area contributed by atoms with Gasteiger partial charge in [0.1, 0.15) is 0 Å². The van der Waals surface area contributed by atoms with E-state index in [-0.39, 0.29) is 22.9 Å². The van der Waals surface area contributed by atoms with E-state index < -0.39 is 23.1 Å². The molecule has 1 aliphatic heterocycles. The van der Waals surface area contributed by atoms with Gasteiger partial charge in [0.2, 0.25) is 0 Å². The fraction of sp³-hybridized carbons (Fsp3) is 0.630. The highest BCUT2D eigenvalue weighted by molar-refractivity contribution is 6.10. The summed E-state index contributed by atoms with van der Waals surface area (Å²) in [7, 11) is 1.45. The zero-order valence-electron chi connectivity index (χ0n) is 21.7. The molecule has 0 aliphatic carbocycles. The van der Waals surface area contributed by atoms with Crippen molar-refractivity contribution in [1.82, 2.24) is 9.80 Å². The first kappa shape index (κ1) is 27.7. The number of ether oxygens (including phenoxy) is 1. The van der Waals surface area contributed by atoms with Gasteiger partial charge in [-0.25, -0.2) is 0 Å². The number of aliphatic hydroxyl groups excluding tert-OH is 1. The maximum absolute atomic E-state index is 13.3. The quantitative estimate of drug-likeness (QED) is 0.418. The van der Waals surface area contributed by atoms with Gasteiger partial charge in [0.25, 0.3) is 5.91 Å². The van der Waals surface area contributed by atoms with E-state index in [2.05, 4.69) is 18.7 Å². The summed E-state index contributed by atoms with van der Waals surface area (Å²) < 4.78 is 5.26. The average Bonchev–Trinajstić information content (AvgIpc) is 3.04. The zero-order chi connectivity index (χ0) is 25.5. The molecule has 2 N–H and O–H groups in total. The van der Waals surface area contributed by atoms with Gasteiger partial charge in [0, 0.05) is 12.0 Å². The summed E-state index contributed by atoms with van der Waals surface area (Å²) in [6.07, 6.45) is 5.26. The molecular formula is C27H42N2O5. The third-order valence-electron chi connectivity index (χ3n) is 6.28. The number of aliphatic hydroxyl groups is 1. The lowest BCUT2D eigenvalue weighted by Gasteiger charge is -2.30. The van der Waals surface area contributed by atoms with Gasteiger partial charge in [-0.2, -0.15) is 0 Å². The number of carbonyl (C=O) groups excluding carboxylic acids is 2. The number of aromatic hydroxyl groups is 1. The molecule has 190 valence electrons. The standard InChI is InChI=1S/C27H42N2O5/c1-7-9-14-28(15-10-8-2)16-11-17-29-23(19-12-13-20(30)21(18-19)34-6)22(24(31)26(29)33)25(32)27(3,4)5/h12-13,18,23,30-31H,7-11,14-17H2,1-6H3. The number of hydrogen-bond donors (Lipinski definition) is 2. The van der Waals surface area contributed by atoms with E-state index in [9.17, 15) is 19.8 Å². The summed E-state index contributed by atoms with van der Waals surface area (Å²) in [6, 6.07) is 4.06. The highest BCUT2D eigenvalue weighted by Crippen LogP contribution is 2.42. The van der Waals surface area contributed by atoms with Gasteiger partial charge in [-0.3, -0.25) is 9.59 Å². The molecule has 0 bridgehead atoms. The monoisotopic (exact) mass is 474 g/mol. The summed E-state index contributed by atoms with van der Waals surface area (Å²) in [5.74, 6) is -1.06. The van der Waals surface area contributed by atoms with E-state index in [1.165, 1.54) is 13.2 Å². The van der Waals surface area contributed by atoms with Crippen LogP contribution in [-0.4, -0.2) is 65.0 Å². The Labute approximate surface area is 204 Å². The number of rotatable bonds is 13. The van der Waals surface area contributed by atoms with Gasteiger partial charge in [0.15, 0.2) is 23.0 Å². The number of ketones is 1. The SMILES string of the molecule is CCCCN(CCCC)CCCN1C(=O)C(O)=C(C(=O)C(C)(C)C)C1c1ccc(O)c(OC)c1. The highest BCUT2D eigenvalue weighted by Gasteiger charge is 2.45. The molecule has 1 aromatic carbocycles. The summed E-state index contributed by atoms with van der Waals surface area (Å²) in [4.78, 5) is 30.5. The number of hydrogen-bond acceptors (Lipinski definition) is 6. The van der Waals surface area contributed by atoms with E-state index in [1.807, 2.05) is 0 Å². The average molecular weight is 475 g/mol. The molecule has 1 unspecified atom stereocenters. The summed E-state index contributed by atoms with van der Waals surface area (Å²) in [5.41, 5.74) is -0.0387. The number of phenols is 1. The van der Waals surface area contributed by atoms with Crippen LogP contribution in [0.4, 0.5) is 0 Å². The smallest absolute Gasteiger partial charge is 0.290 e. The van der Waals surface area contributed by atoms with Crippen molar-refractivity contribution in [1.29, 1.82) is 0 Å². The van der Waals surface area contributed by atoms with Crippen LogP contribution in [0.5, 0.6) is 11.5 Å².